The van der Waals surface area contributed by atoms with Gasteiger partial charge in [-0.1, -0.05) is 11.6 Å². The van der Waals surface area contributed by atoms with Crippen LogP contribution < -0.4 is 15.4 Å². The van der Waals surface area contributed by atoms with Crippen molar-refractivity contribution in [1.29, 1.82) is 0 Å². The third-order valence-electron chi connectivity index (χ3n) is 3.82. The summed E-state index contributed by atoms with van der Waals surface area (Å²) >= 11 is 6.43. The van der Waals surface area contributed by atoms with E-state index in [0.29, 0.717) is 21.9 Å². The number of amides is 1. The summed E-state index contributed by atoms with van der Waals surface area (Å²) in [5.41, 5.74) is 8.05. The van der Waals surface area contributed by atoms with Gasteiger partial charge in [0.2, 0.25) is 5.88 Å². The third-order valence-corrected chi connectivity index (χ3v) is 4.13. The molecule has 6 nitrogen and oxygen atoms in total. The van der Waals surface area contributed by atoms with E-state index < -0.39 is 5.91 Å². The number of methoxy groups -OCH3 is 1. The Balaban J connectivity index is 2.23. The Hall–Kier alpha value is -2.73. The van der Waals surface area contributed by atoms with E-state index in [-0.39, 0.29) is 0 Å². The quantitative estimate of drug-likeness (QED) is 0.761. The molecule has 0 radical (unpaired) electrons. The first-order valence-electron chi connectivity index (χ1n) is 7.25. The van der Waals surface area contributed by atoms with Gasteiger partial charge >= 0.3 is 0 Å². The number of aromatic amines is 1. The lowest BCUT2D eigenvalue weighted by atomic mass is 10.0. The number of carbonyl (C=O) groups excluding carboxylic acids is 1. The molecular weight excluding hydrogens is 328 g/mol. The van der Waals surface area contributed by atoms with Crippen LogP contribution in [0.25, 0.3) is 22.0 Å². The number of carbonyl (C=O) groups is 1. The van der Waals surface area contributed by atoms with Crippen LogP contribution in [-0.4, -0.2) is 37.1 Å². The molecular formula is C17H17ClN4O2. The first kappa shape index (κ1) is 16.1. The summed E-state index contributed by atoms with van der Waals surface area (Å²) in [6, 6.07) is 7.36. The molecule has 0 unspecified atom stereocenters. The number of nitrogens with zero attached hydrogens (tertiary/aromatic N) is 2. The molecule has 1 aromatic carbocycles. The molecule has 3 rings (SSSR count). The fourth-order valence-electron chi connectivity index (χ4n) is 2.59. The number of halogens is 1. The number of hydrogen-bond donors (Lipinski definition) is 2. The number of benzene rings is 1. The van der Waals surface area contributed by atoms with Gasteiger partial charge in [-0.05, 0) is 24.3 Å². The number of aromatic nitrogens is 2. The van der Waals surface area contributed by atoms with E-state index in [1.54, 1.807) is 19.4 Å². The third kappa shape index (κ3) is 2.65. The predicted molar refractivity (Wildman–Crippen MR) is 95.9 cm³/mol. The van der Waals surface area contributed by atoms with Crippen LogP contribution in [0, 0.1) is 0 Å². The van der Waals surface area contributed by atoms with Crippen molar-refractivity contribution in [3.8, 4) is 17.0 Å². The molecule has 0 saturated heterocycles. The van der Waals surface area contributed by atoms with Crippen LogP contribution >= 0.6 is 11.6 Å². The maximum absolute atomic E-state index is 11.6. The van der Waals surface area contributed by atoms with Gasteiger partial charge in [0.25, 0.3) is 5.91 Å². The first-order valence-corrected chi connectivity index (χ1v) is 7.63. The Morgan fingerprint density at radius 3 is 2.67 bits per heavy atom. The highest BCUT2D eigenvalue weighted by Crippen LogP contribution is 2.38. The lowest BCUT2D eigenvalue weighted by Gasteiger charge is -2.15. The van der Waals surface area contributed by atoms with Crippen LogP contribution in [-0.2, 0) is 0 Å². The molecule has 7 heteroatoms. The van der Waals surface area contributed by atoms with Gasteiger partial charge in [0.1, 0.15) is 5.82 Å². The van der Waals surface area contributed by atoms with Crippen LogP contribution in [0.2, 0.25) is 5.02 Å². The molecule has 2 aromatic heterocycles. The van der Waals surface area contributed by atoms with Crippen molar-refractivity contribution >= 4 is 34.2 Å². The van der Waals surface area contributed by atoms with Gasteiger partial charge in [-0.2, -0.15) is 4.98 Å². The number of fused-ring (bicyclic) bond motifs is 1. The average molecular weight is 345 g/mol. The fourth-order valence-corrected chi connectivity index (χ4v) is 2.86. The van der Waals surface area contributed by atoms with Crippen LogP contribution in [0.4, 0.5) is 5.82 Å². The number of nitrogens with two attached hydrogens (primary N) is 1. The van der Waals surface area contributed by atoms with Gasteiger partial charge in [0.15, 0.2) is 0 Å². The van der Waals surface area contributed by atoms with E-state index in [4.69, 9.17) is 22.1 Å². The van der Waals surface area contributed by atoms with Crippen molar-refractivity contribution < 1.29 is 9.53 Å². The molecule has 0 aliphatic rings. The molecule has 3 N–H and O–H groups in total. The van der Waals surface area contributed by atoms with Crippen molar-refractivity contribution in [2.45, 2.75) is 0 Å². The monoisotopic (exact) mass is 344 g/mol. The summed E-state index contributed by atoms with van der Waals surface area (Å²) < 4.78 is 5.42. The standard InChI is InChI=1S/C17H17ClN4O2/c1-22(2)15-5-4-9(17(21-15)24-3)10-6-11-12(16(19)23)8-20-14(11)7-13(10)18/h4-8,20H,1-3H3,(H2,19,23). The number of anilines is 1. The summed E-state index contributed by atoms with van der Waals surface area (Å²) in [5.74, 6) is 0.730. The summed E-state index contributed by atoms with van der Waals surface area (Å²) in [6.07, 6.45) is 1.58. The number of rotatable bonds is 4. The van der Waals surface area contributed by atoms with Gasteiger partial charge in [-0.3, -0.25) is 4.79 Å². The van der Waals surface area contributed by atoms with Gasteiger partial charge in [0.05, 0.1) is 17.7 Å². The van der Waals surface area contributed by atoms with Crippen molar-refractivity contribution in [3.05, 3.63) is 41.0 Å². The lowest BCUT2D eigenvalue weighted by Crippen LogP contribution is -2.11. The number of hydrogen-bond acceptors (Lipinski definition) is 4. The van der Waals surface area contributed by atoms with E-state index in [0.717, 1.165) is 22.5 Å². The second-order valence-electron chi connectivity index (χ2n) is 5.56. The van der Waals surface area contributed by atoms with Crippen molar-refractivity contribution in [2.24, 2.45) is 5.73 Å². The second-order valence-corrected chi connectivity index (χ2v) is 5.97. The topological polar surface area (TPSA) is 84.2 Å². The second kappa shape index (κ2) is 6.05. The zero-order chi connectivity index (χ0) is 17.4. The maximum Gasteiger partial charge on any atom is 0.250 e. The SMILES string of the molecule is COc1nc(N(C)C)ccc1-c1cc2c(C(N)=O)c[nH]c2cc1Cl. The number of pyridine rings is 1. The molecule has 0 spiro atoms. The van der Waals surface area contributed by atoms with Crippen LogP contribution in [0.3, 0.4) is 0 Å². The molecule has 24 heavy (non-hydrogen) atoms. The number of H-pyrrole nitrogens is 1. The normalized spacial score (nSPS) is 10.8. The van der Waals surface area contributed by atoms with E-state index in [9.17, 15) is 4.79 Å². The summed E-state index contributed by atoms with van der Waals surface area (Å²) in [7, 11) is 5.36. The van der Waals surface area contributed by atoms with Gasteiger partial charge < -0.3 is 20.4 Å². The van der Waals surface area contributed by atoms with E-state index >= 15 is 0 Å². The number of nitrogens with one attached hydrogen (secondary N) is 1. The Labute approximate surface area is 144 Å². The lowest BCUT2D eigenvalue weighted by molar-refractivity contribution is 0.100. The van der Waals surface area contributed by atoms with Gasteiger partial charge in [-0.15, -0.1) is 0 Å². The van der Waals surface area contributed by atoms with Gasteiger partial charge in [0, 0.05) is 42.3 Å². The minimum atomic E-state index is -0.498. The Morgan fingerprint density at radius 2 is 2.04 bits per heavy atom. The van der Waals surface area contributed by atoms with E-state index in [1.165, 1.54) is 0 Å². The van der Waals surface area contributed by atoms with Crippen LogP contribution in [0.1, 0.15) is 10.4 Å². The molecule has 0 atom stereocenters. The minimum absolute atomic E-state index is 0.416. The molecule has 124 valence electrons. The molecule has 0 saturated carbocycles. The highest BCUT2D eigenvalue weighted by molar-refractivity contribution is 6.34. The highest BCUT2D eigenvalue weighted by Gasteiger charge is 2.16. The van der Waals surface area contributed by atoms with Crippen LogP contribution in [0.5, 0.6) is 5.88 Å². The molecule has 2 heterocycles. The maximum atomic E-state index is 11.6. The molecule has 0 aliphatic heterocycles. The largest absolute Gasteiger partial charge is 0.480 e. The fraction of sp³-hybridized carbons (Fsp3) is 0.176. The molecule has 0 aliphatic carbocycles. The zero-order valence-electron chi connectivity index (χ0n) is 13.6. The molecule has 1 amide bonds. The van der Waals surface area contributed by atoms with E-state index in [1.807, 2.05) is 37.2 Å². The van der Waals surface area contributed by atoms with E-state index in [2.05, 4.69) is 9.97 Å². The predicted octanol–water partition coefficient (Wildman–Crippen LogP) is 3.06. The summed E-state index contributed by atoms with van der Waals surface area (Å²) in [6.45, 7) is 0. The summed E-state index contributed by atoms with van der Waals surface area (Å²) in [5, 5.41) is 1.23. The Morgan fingerprint density at radius 1 is 1.29 bits per heavy atom. The van der Waals surface area contributed by atoms with Crippen molar-refractivity contribution in [2.75, 3.05) is 26.1 Å². The van der Waals surface area contributed by atoms with Crippen molar-refractivity contribution in [1.82, 2.24) is 9.97 Å². The van der Waals surface area contributed by atoms with Crippen molar-refractivity contribution in [3.63, 3.8) is 0 Å². The number of ether oxygens (including phenoxy) is 1. The number of primary amides is 1. The smallest absolute Gasteiger partial charge is 0.250 e. The van der Waals surface area contributed by atoms with Crippen LogP contribution in [0.15, 0.2) is 30.5 Å². The molecule has 0 bridgehead atoms. The zero-order valence-corrected chi connectivity index (χ0v) is 14.3. The average Bonchev–Trinajstić information content (AvgIpc) is 2.96. The Kier molecular flexibility index (Phi) is 4.07. The summed E-state index contributed by atoms with van der Waals surface area (Å²) in [4.78, 5) is 20.9. The molecule has 3 aromatic rings. The Bertz CT molecular complexity index is 934. The highest BCUT2D eigenvalue weighted by atomic mass is 35.5. The first-order chi connectivity index (χ1) is 11.4. The minimum Gasteiger partial charge on any atom is -0.480 e. The van der Waals surface area contributed by atoms with Gasteiger partial charge in [-0.25, -0.2) is 0 Å². The molecule has 0 fully saturated rings.